The minimum absolute atomic E-state index is 0.132. The molecule has 0 saturated carbocycles. The Labute approximate surface area is 302 Å². The van der Waals surface area contributed by atoms with E-state index in [0.29, 0.717) is 38.4 Å². The number of amides is 3. The maximum Gasteiger partial charge on any atom is 0.276 e. The van der Waals surface area contributed by atoms with Crippen LogP contribution in [0.4, 0.5) is 17.1 Å². The number of methoxy groups -OCH3 is 2. The van der Waals surface area contributed by atoms with Gasteiger partial charge in [0.05, 0.1) is 35.4 Å². The Balaban J connectivity index is 1.37. The minimum Gasteiger partial charge on any atom is -0.495 e. The summed E-state index contributed by atoms with van der Waals surface area (Å²) in [7, 11) is 2.96. The van der Waals surface area contributed by atoms with Crippen molar-refractivity contribution in [3.63, 3.8) is 0 Å². The molecule has 5 aromatic rings. The van der Waals surface area contributed by atoms with Gasteiger partial charge in [-0.2, -0.15) is 0 Å². The summed E-state index contributed by atoms with van der Waals surface area (Å²) in [6.07, 6.45) is 1.26. The van der Waals surface area contributed by atoms with Crippen LogP contribution in [0.15, 0.2) is 132 Å². The van der Waals surface area contributed by atoms with Crippen LogP contribution in [0.5, 0.6) is 11.5 Å². The molecule has 0 heterocycles. The van der Waals surface area contributed by atoms with Gasteiger partial charge in [0.2, 0.25) is 5.91 Å². The molecule has 13 heteroatoms. The van der Waals surface area contributed by atoms with Gasteiger partial charge in [-0.15, -0.1) is 11.8 Å². The third-order valence-electron chi connectivity index (χ3n) is 7.40. The third-order valence-corrected chi connectivity index (χ3v) is 8.96. The van der Waals surface area contributed by atoms with Crippen molar-refractivity contribution in [2.75, 3.05) is 24.9 Å². The molecule has 1 atom stereocenters. The topological polar surface area (TPSA) is 149 Å². The monoisotopic (exact) mass is 722 g/mol. The number of benzene rings is 5. The molecule has 258 valence electrons. The van der Waals surface area contributed by atoms with E-state index in [1.54, 1.807) is 72.8 Å². The average molecular weight is 723 g/mol. The number of ether oxygens (including phenoxy) is 2. The fourth-order valence-corrected chi connectivity index (χ4v) is 6.15. The molecular formula is C38H31ClN4O7S. The predicted molar refractivity (Wildman–Crippen MR) is 198 cm³/mol. The summed E-state index contributed by atoms with van der Waals surface area (Å²) >= 11 is 7.62. The van der Waals surface area contributed by atoms with E-state index in [9.17, 15) is 24.5 Å². The molecule has 0 aliphatic heterocycles. The third kappa shape index (κ3) is 9.32. The lowest BCUT2D eigenvalue weighted by atomic mass is 10.1. The first-order chi connectivity index (χ1) is 24.7. The second kappa shape index (κ2) is 17.0. The summed E-state index contributed by atoms with van der Waals surface area (Å²) in [6, 6.07) is 33.3. The van der Waals surface area contributed by atoms with Crippen molar-refractivity contribution in [1.29, 1.82) is 0 Å². The zero-order valence-corrected chi connectivity index (χ0v) is 28.9. The lowest BCUT2D eigenvalue weighted by Gasteiger charge is -2.19. The number of rotatable bonds is 13. The molecule has 0 bridgehead atoms. The fourth-order valence-electron chi connectivity index (χ4n) is 4.88. The van der Waals surface area contributed by atoms with Crippen LogP contribution in [0, 0.1) is 10.1 Å². The quantitative estimate of drug-likeness (QED) is 0.0477. The Morgan fingerprint density at radius 3 is 2.08 bits per heavy atom. The number of hydrogen-bond acceptors (Lipinski definition) is 8. The van der Waals surface area contributed by atoms with Crippen molar-refractivity contribution in [2.24, 2.45) is 0 Å². The number of carbonyl (C=O) groups is 3. The maximum absolute atomic E-state index is 13.7. The highest BCUT2D eigenvalue weighted by Gasteiger charge is 2.24. The second-order valence-corrected chi connectivity index (χ2v) is 12.3. The number of nitro groups is 1. The number of carbonyl (C=O) groups excluding carboxylic acids is 3. The van der Waals surface area contributed by atoms with Crippen LogP contribution in [0.2, 0.25) is 5.02 Å². The van der Waals surface area contributed by atoms with Gasteiger partial charge in [0.25, 0.3) is 17.5 Å². The zero-order valence-electron chi connectivity index (χ0n) is 27.3. The lowest BCUT2D eigenvalue weighted by Crippen LogP contribution is -2.30. The van der Waals surface area contributed by atoms with Gasteiger partial charge in [0.1, 0.15) is 22.4 Å². The van der Waals surface area contributed by atoms with Gasteiger partial charge < -0.3 is 25.4 Å². The van der Waals surface area contributed by atoms with Crippen LogP contribution in [0.1, 0.15) is 26.7 Å². The van der Waals surface area contributed by atoms with E-state index in [1.807, 2.05) is 30.3 Å². The molecule has 51 heavy (non-hydrogen) atoms. The van der Waals surface area contributed by atoms with Gasteiger partial charge in [0, 0.05) is 28.3 Å². The number of para-hydroxylation sites is 1. The minimum atomic E-state index is -0.702. The Morgan fingerprint density at radius 1 is 0.804 bits per heavy atom. The molecule has 0 saturated heterocycles. The van der Waals surface area contributed by atoms with E-state index in [1.165, 1.54) is 50.3 Å². The first kappa shape index (κ1) is 36.2. The molecule has 0 radical (unpaired) electrons. The van der Waals surface area contributed by atoms with Crippen molar-refractivity contribution >= 4 is 64.2 Å². The lowest BCUT2D eigenvalue weighted by molar-refractivity contribution is -0.385. The van der Waals surface area contributed by atoms with Gasteiger partial charge >= 0.3 is 0 Å². The Bertz CT molecular complexity index is 2080. The number of nitrogens with zero attached hydrogens (tertiary/aromatic N) is 1. The Hall–Kier alpha value is -6.11. The van der Waals surface area contributed by atoms with Gasteiger partial charge in [-0.3, -0.25) is 24.5 Å². The summed E-state index contributed by atoms with van der Waals surface area (Å²) in [5.74, 6) is -0.831. The van der Waals surface area contributed by atoms with Crippen molar-refractivity contribution in [3.05, 3.63) is 159 Å². The van der Waals surface area contributed by atoms with Crippen LogP contribution in [0.25, 0.3) is 6.08 Å². The molecule has 11 nitrogen and oxygen atoms in total. The highest BCUT2D eigenvalue weighted by atomic mass is 35.5. The second-order valence-electron chi connectivity index (χ2n) is 10.8. The molecule has 0 spiro atoms. The highest BCUT2D eigenvalue weighted by molar-refractivity contribution is 8.00. The Kier molecular flexibility index (Phi) is 12.1. The van der Waals surface area contributed by atoms with E-state index in [2.05, 4.69) is 16.0 Å². The van der Waals surface area contributed by atoms with Crippen molar-refractivity contribution < 1.29 is 28.8 Å². The number of nitrogens with one attached hydrogen (secondary N) is 3. The molecule has 5 rings (SSSR count). The molecule has 1 unspecified atom stereocenters. The first-order valence-electron chi connectivity index (χ1n) is 15.3. The van der Waals surface area contributed by atoms with Gasteiger partial charge in [-0.1, -0.05) is 72.3 Å². The van der Waals surface area contributed by atoms with Crippen LogP contribution < -0.4 is 25.4 Å². The summed E-state index contributed by atoms with van der Waals surface area (Å²) < 4.78 is 10.7. The number of hydrogen-bond donors (Lipinski definition) is 3. The normalized spacial score (nSPS) is 11.5. The van der Waals surface area contributed by atoms with Crippen LogP contribution in [-0.2, 0) is 9.59 Å². The Morgan fingerprint density at radius 2 is 1.43 bits per heavy atom. The van der Waals surface area contributed by atoms with E-state index >= 15 is 0 Å². The number of halogens is 1. The number of nitro benzene ring substituents is 1. The van der Waals surface area contributed by atoms with Crippen LogP contribution in [-0.4, -0.2) is 36.9 Å². The van der Waals surface area contributed by atoms with Gasteiger partial charge in [0.15, 0.2) is 0 Å². The summed E-state index contributed by atoms with van der Waals surface area (Å²) in [5, 5.41) is 19.5. The van der Waals surface area contributed by atoms with E-state index in [4.69, 9.17) is 21.1 Å². The van der Waals surface area contributed by atoms with Gasteiger partial charge in [-0.25, -0.2) is 0 Å². The smallest absolute Gasteiger partial charge is 0.276 e. The number of thioether (sulfide) groups is 1. The largest absolute Gasteiger partial charge is 0.495 e. The summed E-state index contributed by atoms with van der Waals surface area (Å²) in [6.45, 7) is 0. The molecular weight excluding hydrogens is 692 g/mol. The molecule has 5 aromatic carbocycles. The van der Waals surface area contributed by atoms with E-state index in [-0.39, 0.29) is 22.9 Å². The predicted octanol–water partition coefficient (Wildman–Crippen LogP) is 8.15. The summed E-state index contributed by atoms with van der Waals surface area (Å²) in [5.41, 5.74) is 1.49. The summed E-state index contributed by atoms with van der Waals surface area (Å²) in [4.78, 5) is 52.1. The first-order valence-corrected chi connectivity index (χ1v) is 16.6. The maximum atomic E-state index is 13.7. The zero-order chi connectivity index (χ0) is 36.3. The average Bonchev–Trinajstić information content (AvgIpc) is 3.15. The number of anilines is 2. The molecule has 0 aliphatic carbocycles. The van der Waals surface area contributed by atoms with Crippen LogP contribution in [0.3, 0.4) is 0 Å². The van der Waals surface area contributed by atoms with Crippen molar-refractivity contribution in [2.45, 2.75) is 10.1 Å². The molecule has 0 aliphatic rings. The molecule has 3 amide bonds. The van der Waals surface area contributed by atoms with Crippen molar-refractivity contribution in [1.82, 2.24) is 5.32 Å². The van der Waals surface area contributed by atoms with Crippen molar-refractivity contribution in [3.8, 4) is 11.5 Å². The van der Waals surface area contributed by atoms with Gasteiger partial charge in [-0.05, 0) is 60.2 Å². The molecule has 0 fully saturated rings. The van der Waals surface area contributed by atoms with Crippen LogP contribution >= 0.6 is 23.4 Å². The fraction of sp³-hybridized carbons (Fsp3) is 0.0789. The van der Waals surface area contributed by atoms with E-state index < -0.39 is 22.0 Å². The molecule has 3 N–H and O–H groups in total. The molecule has 0 aromatic heterocycles. The van der Waals surface area contributed by atoms with E-state index in [0.717, 1.165) is 5.56 Å². The SMILES string of the molecule is COc1cc(OC)c(NC(=O)C(Sc2ccc(NC(=O)/C(=C/c3ccccc3[N+](=O)[O-])NC(=O)c3ccccc3)cc2)c2ccccc2)cc1Cl. The standard InChI is InChI=1S/C38H31ClN4O7S/c1-49-33-23-34(50-2)30(22-29(33)39)41-38(46)35(24-11-5-3-6-12-24)51-28-19-17-27(18-20-28)40-37(45)31(42-36(44)25-13-7-4-8-14-25)21-26-15-9-10-16-32(26)43(47)48/h3-23,35H,1-2H3,(H,40,45)(H,41,46)(H,42,44)/b31-21-. The highest BCUT2D eigenvalue weighted by Crippen LogP contribution is 2.40.